The molecule has 0 aromatic heterocycles. The van der Waals surface area contributed by atoms with Crippen molar-refractivity contribution in [2.45, 2.75) is 32.0 Å². The lowest BCUT2D eigenvalue weighted by Crippen LogP contribution is -2.35. The predicted molar refractivity (Wildman–Crippen MR) is 69.9 cm³/mol. The number of likely N-dealkylation sites (tertiary alicyclic amines) is 1. The van der Waals surface area contributed by atoms with Crippen LogP contribution in [0.5, 0.6) is 0 Å². The number of aliphatic hydroxyl groups excluding tert-OH is 1. The molecule has 0 saturated carbocycles. The van der Waals surface area contributed by atoms with Crippen LogP contribution in [0.2, 0.25) is 5.02 Å². The Morgan fingerprint density at radius 2 is 2.06 bits per heavy atom. The van der Waals surface area contributed by atoms with E-state index in [-0.39, 0.29) is 6.10 Å². The van der Waals surface area contributed by atoms with Crippen LogP contribution < -0.4 is 5.73 Å². The summed E-state index contributed by atoms with van der Waals surface area (Å²) in [6.07, 6.45) is 1.60. The van der Waals surface area contributed by atoms with Crippen molar-refractivity contribution in [3.63, 3.8) is 0 Å². The number of piperidine rings is 1. The highest BCUT2D eigenvalue weighted by molar-refractivity contribution is 6.31. The van der Waals surface area contributed by atoms with Gasteiger partial charge < -0.3 is 10.8 Å². The molecular weight excluding hydrogens is 236 g/mol. The zero-order valence-electron chi connectivity index (χ0n) is 9.90. The van der Waals surface area contributed by atoms with Gasteiger partial charge >= 0.3 is 0 Å². The zero-order valence-corrected chi connectivity index (χ0v) is 10.7. The summed E-state index contributed by atoms with van der Waals surface area (Å²) in [6.45, 7) is 3.26. The topological polar surface area (TPSA) is 49.5 Å². The van der Waals surface area contributed by atoms with Gasteiger partial charge in [-0.05, 0) is 30.0 Å². The number of hydrogen-bond acceptors (Lipinski definition) is 3. The fraction of sp³-hybridized carbons (Fsp3) is 0.538. The number of nitrogens with two attached hydrogens (primary N) is 1. The number of rotatable bonds is 3. The van der Waals surface area contributed by atoms with Crippen LogP contribution in [-0.2, 0) is 13.1 Å². The quantitative estimate of drug-likeness (QED) is 0.864. The minimum atomic E-state index is -0.124. The van der Waals surface area contributed by atoms with Gasteiger partial charge in [0.15, 0.2) is 0 Å². The molecule has 0 spiro atoms. The highest BCUT2D eigenvalue weighted by Gasteiger charge is 2.17. The maximum absolute atomic E-state index is 9.45. The normalized spacial score (nSPS) is 18.5. The fourth-order valence-corrected chi connectivity index (χ4v) is 2.43. The first-order chi connectivity index (χ1) is 8.19. The number of benzene rings is 1. The molecule has 0 radical (unpaired) electrons. The van der Waals surface area contributed by atoms with Crippen LogP contribution in [0.15, 0.2) is 18.2 Å². The Hall–Kier alpha value is -0.610. The highest BCUT2D eigenvalue weighted by atomic mass is 35.5. The molecule has 1 saturated heterocycles. The second-order valence-corrected chi connectivity index (χ2v) is 5.04. The van der Waals surface area contributed by atoms with Gasteiger partial charge in [-0.15, -0.1) is 0 Å². The number of nitrogens with zero attached hydrogens (tertiary/aromatic N) is 1. The van der Waals surface area contributed by atoms with Gasteiger partial charge in [-0.3, -0.25) is 4.90 Å². The first-order valence-corrected chi connectivity index (χ1v) is 6.44. The van der Waals surface area contributed by atoms with Gasteiger partial charge in [-0.1, -0.05) is 23.7 Å². The summed E-state index contributed by atoms with van der Waals surface area (Å²) in [5.74, 6) is 0. The molecule has 1 aliphatic rings. The maximum Gasteiger partial charge on any atom is 0.0564 e. The molecular formula is C13H19ClN2O. The molecule has 94 valence electrons. The summed E-state index contributed by atoms with van der Waals surface area (Å²) in [6, 6.07) is 6.02. The van der Waals surface area contributed by atoms with E-state index >= 15 is 0 Å². The monoisotopic (exact) mass is 254 g/mol. The van der Waals surface area contributed by atoms with Crippen molar-refractivity contribution in [1.29, 1.82) is 0 Å². The fourth-order valence-electron chi connectivity index (χ4n) is 2.16. The molecule has 0 amide bonds. The van der Waals surface area contributed by atoms with Crippen LogP contribution >= 0.6 is 11.6 Å². The Labute approximate surface area is 107 Å². The molecule has 0 bridgehead atoms. The highest BCUT2D eigenvalue weighted by Crippen LogP contribution is 2.21. The molecule has 3 N–H and O–H groups in total. The maximum atomic E-state index is 9.45. The van der Waals surface area contributed by atoms with E-state index in [4.69, 9.17) is 17.3 Å². The van der Waals surface area contributed by atoms with Crippen LogP contribution in [0.4, 0.5) is 0 Å². The van der Waals surface area contributed by atoms with Crippen LogP contribution in [0.1, 0.15) is 24.0 Å². The van der Waals surface area contributed by atoms with E-state index in [1.165, 1.54) is 0 Å². The average Bonchev–Trinajstić information content (AvgIpc) is 2.34. The van der Waals surface area contributed by atoms with Crippen molar-refractivity contribution in [3.05, 3.63) is 34.3 Å². The molecule has 4 heteroatoms. The summed E-state index contributed by atoms with van der Waals surface area (Å²) in [5.41, 5.74) is 7.77. The SMILES string of the molecule is NCc1ccc(CN2CCC(O)CC2)c(Cl)c1. The Balaban J connectivity index is 1.99. The summed E-state index contributed by atoms with van der Waals surface area (Å²) >= 11 is 6.22. The van der Waals surface area contributed by atoms with Gasteiger partial charge in [0.25, 0.3) is 0 Å². The molecule has 3 nitrogen and oxygen atoms in total. The van der Waals surface area contributed by atoms with Crippen molar-refractivity contribution < 1.29 is 5.11 Å². The molecule has 1 aromatic carbocycles. The van der Waals surface area contributed by atoms with Gasteiger partial charge in [-0.2, -0.15) is 0 Å². The molecule has 1 aromatic rings. The van der Waals surface area contributed by atoms with Crippen molar-refractivity contribution in [3.8, 4) is 0 Å². The predicted octanol–water partition coefficient (Wildman–Crippen LogP) is 1.76. The van der Waals surface area contributed by atoms with E-state index in [0.29, 0.717) is 6.54 Å². The Morgan fingerprint density at radius 1 is 1.35 bits per heavy atom. The molecule has 1 heterocycles. The Bertz CT molecular complexity index is 376. The number of aliphatic hydroxyl groups is 1. The van der Waals surface area contributed by atoms with E-state index < -0.39 is 0 Å². The second kappa shape index (κ2) is 5.83. The van der Waals surface area contributed by atoms with Gasteiger partial charge in [0.1, 0.15) is 0 Å². The van der Waals surface area contributed by atoms with Crippen molar-refractivity contribution in [1.82, 2.24) is 4.90 Å². The van der Waals surface area contributed by atoms with Gasteiger partial charge in [0.2, 0.25) is 0 Å². The van der Waals surface area contributed by atoms with Crippen LogP contribution in [-0.4, -0.2) is 29.2 Å². The molecule has 1 aliphatic heterocycles. The minimum Gasteiger partial charge on any atom is -0.393 e. The van der Waals surface area contributed by atoms with E-state index in [2.05, 4.69) is 11.0 Å². The molecule has 0 atom stereocenters. The summed E-state index contributed by atoms with van der Waals surface area (Å²) < 4.78 is 0. The largest absolute Gasteiger partial charge is 0.393 e. The molecule has 2 rings (SSSR count). The standard InChI is InChI=1S/C13H19ClN2O/c14-13-7-10(8-15)1-2-11(13)9-16-5-3-12(17)4-6-16/h1-2,7,12,17H,3-6,8-9,15H2. The molecule has 17 heavy (non-hydrogen) atoms. The zero-order chi connectivity index (χ0) is 12.3. The number of halogens is 1. The first-order valence-electron chi connectivity index (χ1n) is 6.07. The summed E-state index contributed by atoms with van der Waals surface area (Å²) in [4.78, 5) is 2.33. The van der Waals surface area contributed by atoms with Crippen LogP contribution in [0.3, 0.4) is 0 Å². The lowest BCUT2D eigenvalue weighted by Gasteiger charge is -2.29. The first kappa shape index (κ1) is 12.8. The second-order valence-electron chi connectivity index (χ2n) is 4.64. The van der Waals surface area contributed by atoms with Gasteiger partial charge in [0, 0.05) is 31.2 Å². The van der Waals surface area contributed by atoms with E-state index in [1.54, 1.807) is 0 Å². The average molecular weight is 255 g/mol. The van der Waals surface area contributed by atoms with E-state index in [0.717, 1.165) is 48.6 Å². The number of hydrogen-bond donors (Lipinski definition) is 2. The summed E-state index contributed by atoms with van der Waals surface area (Å²) in [7, 11) is 0. The third kappa shape index (κ3) is 3.42. The molecule has 0 unspecified atom stereocenters. The third-order valence-corrected chi connectivity index (χ3v) is 3.66. The Kier molecular flexibility index (Phi) is 4.40. The lowest BCUT2D eigenvalue weighted by molar-refractivity contribution is 0.0792. The van der Waals surface area contributed by atoms with Gasteiger partial charge in [0.05, 0.1) is 6.10 Å². The third-order valence-electron chi connectivity index (χ3n) is 3.30. The summed E-state index contributed by atoms with van der Waals surface area (Å²) in [5, 5.41) is 10.2. The van der Waals surface area contributed by atoms with Crippen molar-refractivity contribution >= 4 is 11.6 Å². The Morgan fingerprint density at radius 3 is 2.65 bits per heavy atom. The van der Waals surface area contributed by atoms with E-state index in [9.17, 15) is 5.11 Å². The van der Waals surface area contributed by atoms with Gasteiger partial charge in [-0.25, -0.2) is 0 Å². The molecule has 0 aliphatic carbocycles. The van der Waals surface area contributed by atoms with Crippen molar-refractivity contribution in [2.75, 3.05) is 13.1 Å². The molecule has 1 fully saturated rings. The van der Waals surface area contributed by atoms with Crippen LogP contribution in [0.25, 0.3) is 0 Å². The van der Waals surface area contributed by atoms with Crippen LogP contribution in [0, 0.1) is 0 Å². The van der Waals surface area contributed by atoms with Crippen molar-refractivity contribution in [2.24, 2.45) is 5.73 Å². The van der Waals surface area contributed by atoms with E-state index in [1.807, 2.05) is 12.1 Å². The minimum absolute atomic E-state index is 0.124. The smallest absolute Gasteiger partial charge is 0.0564 e. The lowest BCUT2D eigenvalue weighted by atomic mass is 10.1.